The molecule has 1 fully saturated rings. The highest BCUT2D eigenvalue weighted by Crippen LogP contribution is 2.09. The minimum atomic E-state index is -1.22. The standard InChI is InChI=1S/C10H18N2O4/c13-7-8(9(14)15)11-10(16)12-5-3-1-2-4-6-12/h8,13H,1-7H2,(H,11,16)(H,14,15)/t8-/m0/s1. The fraction of sp³-hybridized carbons (Fsp3) is 0.800. The molecule has 0 unspecified atom stereocenters. The Kier molecular flexibility index (Phi) is 5.04. The summed E-state index contributed by atoms with van der Waals surface area (Å²) in [4.78, 5) is 23.9. The molecule has 3 N–H and O–H groups in total. The third kappa shape index (κ3) is 3.69. The van der Waals surface area contributed by atoms with E-state index < -0.39 is 24.6 Å². The molecule has 1 heterocycles. The highest BCUT2D eigenvalue weighted by atomic mass is 16.4. The number of hydrogen-bond donors (Lipinski definition) is 3. The quantitative estimate of drug-likeness (QED) is 0.637. The Labute approximate surface area is 94.2 Å². The summed E-state index contributed by atoms with van der Waals surface area (Å²) in [5.74, 6) is -1.22. The van der Waals surface area contributed by atoms with E-state index in [1.165, 1.54) is 0 Å². The zero-order chi connectivity index (χ0) is 12.0. The van der Waals surface area contributed by atoms with Gasteiger partial charge in [-0.3, -0.25) is 0 Å². The van der Waals surface area contributed by atoms with Crippen LogP contribution in [-0.4, -0.2) is 52.9 Å². The smallest absolute Gasteiger partial charge is 0.328 e. The largest absolute Gasteiger partial charge is 0.480 e. The van der Waals surface area contributed by atoms with Crippen LogP contribution in [0.5, 0.6) is 0 Å². The molecule has 0 aromatic rings. The lowest BCUT2D eigenvalue weighted by atomic mass is 10.2. The molecular formula is C10H18N2O4. The lowest BCUT2D eigenvalue weighted by molar-refractivity contribution is -0.140. The van der Waals surface area contributed by atoms with E-state index in [4.69, 9.17) is 10.2 Å². The number of likely N-dealkylation sites (tertiary alicyclic amines) is 1. The van der Waals surface area contributed by atoms with Crippen molar-refractivity contribution in [1.82, 2.24) is 10.2 Å². The highest BCUT2D eigenvalue weighted by molar-refractivity contribution is 5.82. The van der Waals surface area contributed by atoms with E-state index in [1.54, 1.807) is 4.90 Å². The number of carboxylic acids is 1. The second-order valence-corrected chi connectivity index (χ2v) is 3.92. The van der Waals surface area contributed by atoms with Crippen LogP contribution in [0.3, 0.4) is 0 Å². The average molecular weight is 230 g/mol. The topological polar surface area (TPSA) is 89.9 Å². The number of amides is 2. The van der Waals surface area contributed by atoms with Gasteiger partial charge >= 0.3 is 12.0 Å². The van der Waals surface area contributed by atoms with Crippen LogP contribution in [0.2, 0.25) is 0 Å². The molecule has 0 bridgehead atoms. The van der Waals surface area contributed by atoms with E-state index in [0.29, 0.717) is 13.1 Å². The molecule has 6 heteroatoms. The van der Waals surface area contributed by atoms with E-state index in [1.807, 2.05) is 0 Å². The van der Waals surface area contributed by atoms with Crippen molar-refractivity contribution in [2.75, 3.05) is 19.7 Å². The van der Waals surface area contributed by atoms with Gasteiger partial charge in [0.25, 0.3) is 0 Å². The number of aliphatic hydroxyl groups excluding tert-OH is 1. The molecule has 1 aliphatic heterocycles. The minimum absolute atomic E-state index is 0.400. The van der Waals surface area contributed by atoms with Gasteiger partial charge in [0.05, 0.1) is 6.61 Å². The number of carboxylic acid groups (broad SMARTS) is 1. The van der Waals surface area contributed by atoms with Gasteiger partial charge in [-0.1, -0.05) is 12.8 Å². The van der Waals surface area contributed by atoms with Crippen molar-refractivity contribution in [1.29, 1.82) is 0 Å². The van der Waals surface area contributed by atoms with Crippen LogP contribution in [-0.2, 0) is 4.79 Å². The van der Waals surface area contributed by atoms with Crippen molar-refractivity contribution in [2.45, 2.75) is 31.7 Å². The Bertz CT molecular complexity index is 249. The molecule has 92 valence electrons. The Morgan fingerprint density at radius 2 is 1.75 bits per heavy atom. The lowest BCUT2D eigenvalue weighted by Crippen LogP contribution is -2.49. The first-order chi connectivity index (χ1) is 7.65. The van der Waals surface area contributed by atoms with Gasteiger partial charge in [-0.2, -0.15) is 0 Å². The van der Waals surface area contributed by atoms with Crippen molar-refractivity contribution in [3.63, 3.8) is 0 Å². The molecule has 6 nitrogen and oxygen atoms in total. The van der Waals surface area contributed by atoms with Crippen molar-refractivity contribution < 1.29 is 19.8 Å². The predicted octanol–water partition coefficient (Wildman–Crippen LogP) is 0.0175. The van der Waals surface area contributed by atoms with Gasteiger partial charge in [-0.15, -0.1) is 0 Å². The molecule has 1 rings (SSSR count). The SMILES string of the molecule is O=C(O)[C@H](CO)NC(=O)N1CCCCCC1. The zero-order valence-electron chi connectivity index (χ0n) is 9.19. The van der Waals surface area contributed by atoms with Crippen LogP contribution in [0, 0.1) is 0 Å². The fourth-order valence-electron chi connectivity index (χ4n) is 1.70. The van der Waals surface area contributed by atoms with Crippen molar-refractivity contribution in [3.05, 3.63) is 0 Å². The van der Waals surface area contributed by atoms with E-state index in [0.717, 1.165) is 25.7 Å². The summed E-state index contributed by atoms with van der Waals surface area (Å²) in [5, 5.41) is 19.8. The van der Waals surface area contributed by atoms with Crippen LogP contribution >= 0.6 is 0 Å². The van der Waals surface area contributed by atoms with Crippen LogP contribution < -0.4 is 5.32 Å². The first-order valence-electron chi connectivity index (χ1n) is 5.54. The molecule has 1 saturated heterocycles. The van der Waals surface area contributed by atoms with Crippen molar-refractivity contribution in [2.24, 2.45) is 0 Å². The molecule has 0 saturated carbocycles. The second-order valence-electron chi connectivity index (χ2n) is 3.92. The van der Waals surface area contributed by atoms with Crippen LogP contribution in [0.25, 0.3) is 0 Å². The molecule has 0 aromatic carbocycles. The number of carbonyl (C=O) groups excluding carboxylic acids is 1. The molecule has 1 aliphatic rings. The van der Waals surface area contributed by atoms with Gasteiger partial charge in [0.1, 0.15) is 0 Å². The van der Waals surface area contributed by atoms with Gasteiger partial charge in [-0.25, -0.2) is 9.59 Å². The summed E-state index contributed by atoms with van der Waals surface area (Å²) in [6.07, 6.45) is 4.10. The predicted molar refractivity (Wildman–Crippen MR) is 57.1 cm³/mol. The van der Waals surface area contributed by atoms with Crippen LogP contribution in [0.1, 0.15) is 25.7 Å². The first kappa shape index (κ1) is 12.8. The van der Waals surface area contributed by atoms with Gasteiger partial charge in [-0.05, 0) is 12.8 Å². The van der Waals surface area contributed by atoms with Crippen LogP contribution in [0.15, 0.2) is 0 Å². The van der Waals surface area contributed by atoms with Gasteiger partial charge in [0.2, 0.25) is 0 Å². The summed E-state index contributed by atoms with van der Waals surface area (Å²) >= 11 is 0. The van der Waals surface area contributed by atoms with Crippen molar-refractivity contribution >= 4 is 12.0 Å². The van der Waals surface area contributed by atoms with Gasteiger partial charge in [0, 0.05) is 13.1 Å². The number of aliphatic carboxylic acids is 1. The molecule has 0 spiro atoms. The number of urea groups is 1. The fourth-order valence-corrected chi connectivity index (χ4v) is 1.70. The molecule has 0 aromatic heterocycles. The van der Waals surface area contributed by atoms with Gasteiger partial charge in [0.15, 0.2) is 6.04 Å². The molecular weight excluding hydrogens is 212 g/mol. The van der Waals surface area contributed by atoms with E-state index in [9.17, 15) is 9.59 Å². The maximum Gasteiger partial charge on any atom is 0.328 e. The molecule has 16 heavy (non-hydrogen) atoms. The molecule has 1 atom stereocenters. The van der Waals surface area contributed by atoms with Gasteiger partial charge < -0.3 is 20.4 Å². The normalized spacial score (nSPS) is 18.7. The third-order valence-corrected chi connectivity index (χ3v) is 2.67. The van der Waals surface area contributed by atoms with E-state index in [2.05, 4.69) is 5.32 Å². The Hall–Kier alpha value is -1.30. The van der Waals surface area contributed by atoms with Crippen LogP contribution in [0.4, 0.5) is 4.79 Å². The summed E-state index contributed by atoms with van der Waals surface area (Å²) in [6.45, 7) is 0.724. The van der Waals surface area contributed by atoms with E-state index in [-0.39, 0.29) is 0 Å². The van der Waals surface area contributed by atoms with E-state index >= 15 is 0 Å². The molecule has 2 amide bonds. The second kappa shape index (κ2) is 6.32. The average Bonchev–Trinajstić information content (AvgIpc) is 2.53. The Morgan fingerprint density at radius 3 is 2.19 bits per heavy atom. The highest BCUT2D eigenvalue weighted by Gasteiger charge is 2.22. The number of hydrogen-bond acceptors (Lipinski definition) is 3. The maximum atomic E-state index is 11.7. The summed E-state index contributed by atoms with van der Waals surface area (Å²) < 4.78 is 0. The summed E-state index contributed by atoms with van der Waals surface area (Å²) in [7, 11) is 0. The minimum Gasteiger partial charge on any atom is -0.480 e. The first-order valence-corrected chi connectivity index (χ1v) is 5.54. The summed E-state index contributed by atoms with van der Waals surface area (Å²) in [6, 6.07) is -1.61. The maximum absolute atomic E-state index is 11.7. The zero-order valence-corrected chi connectivity index (χ0v) is 9.19. The Morgan fingerprint density at radius 1 is 1.19 bits per heavy atom. The molecule has 0 radical (unpaired) electrons. The monoisotopic (exact) mass is 230 g/mol. The number of carbonyl (C=O) groups is 2. The molecule has 0 aliphatic carbocycles. The third-order valence-electron chi connectivity index (χ3n) is 2.67. The Balaban J connectivity index is 2.46. The number of nitrogens with one attached hydrogen (secondary N) is 1. The number of nitrogens with zero attached hydrogens (tertiary/aromatic N) is 1. The number of aliphatic hydroxyl groups is 1. The summed E-state index contributed by atoms with van der Waals surface area (Å²) in [5.41, 5.74) is 0. The number of rotatable bonds is 3. The lowest BCUT2D eigenvalue weighted by Gasteiger charge is -2.22. The van der Waals surface area contributed by atoms with Crippen molar-refractivity contribution in [3.8, 4) is 0 Å².